The molecule has 29 heavy (non-hydrogen) atoms. The van der Waals surface area contributed by atoms with E-state index in [4.69, 9.17) is 11.6 Å². The maximum atomic E-state index is 12.6. The molecule has 1 N–H and O–H groups in total. The van der Waals surface area contributed by atoms with E-state index in [1.165, 1.54) is 31.0 Å². The maximum Gasteiger partial charge on any atom is 0.232 e. The Kier molecular flexibility index (Phi) is 6.65. The lowest BCUT2D eigenvalue weighted by Crippen LogP contribution is -2.41. The van der Waals surface area contributed by atoms with Gasteiger partial charge < -0.3 is 10.2 Å². The SMILES string of the molecule is CC1CCCCC1NC(=O)CSc1nnc(N2CCCC2)n1-c1cccc(Cl)c1. The van der Waals surface area contributed by atoms with Crippen LogP contribution in [-0.2, 0) is 4.79 Å². The van der Waals surface area contributed by atoms with Gasteiger partial charge in [0.1, 0.15) is 0 Å². The van der Waals surface area contributed by atoms with Crippen molar-refractivity contribution in [3.05, 3.63) is 29.3 Å². The second-order valence-electron chi connectivity index (χ2n) is 8.02. The lowest BCUT2D eigenvalue weighted by Gasteiger charge is -2.29. The summed E-state index contributed by atoms with van der Waals surface area (Å²) in [5.74, 6) is 1.78. The van der Waals surface area contributed by atoms with Gasteiger partial charge in [-0.2, -0.15) is 0 Å². The van der Waals surface area contributed by atoms with Gasteiger partial charge in [0, 0.05) is 24.2 Å². The summed E-state index contributed by atoms with van der Waals surface area (Å²) in [5.41, 5.74) is 0.924. The minimum absolute atomic E-state index is 0.0668. The van der Waals surface area contributed by atoms with Crippen LogP contribution < -0.4 is 10.2 Å². The topological polar surface area (TPSA) is 63.1 Å². The number of aromatic nitrogens is 3. The van der Waals surface area contributed by atoms with Crippen molar-refractivity contribution in [3.8, 4) is 5.69 Å². The second-order valence-corrected chi connectivity index (χ2v) is 9.40. The minimum Gasteiger partial charge on any atom is -0.352 e. The maximum absolute atomic E-state index is 12.6. The van der Waals surface area contributed by atoms with Crippen LogP contribution in [0.2, 0.25) is 5.02 Å². The first-order valence-electron chi connectivity index (χ1n) is 10.5. The predicted octanol–water partition coefficient (Wildman–Crippen LogP) is 4.31. The number of benzene rings is 1. The highest BCUT2D eigenvalue weighted by atomic mass is 35.5. The van der Waals surface area contributed by atoms with Crippen molar-refractivity contribution in [1.82, 2.24) is 20.1 Å². The van der Waals surface area contributed by atoms with Crippen LogP contribution in [-0.4, -0.2) is 45.6 Å². The first-order chi connectivity index (χ1) is 14.1. The molecule has 1 saturated carbocycles. The van der Waals surface area contributed by atoms with E-state index in [0.717, 1.165) is 49.1 Å². The number of amides is 1. The first-order valence-corrected chi connectivity index (χ1v) is 11.9. The van der Waals surface area contributed by atoms with E-state index >= 15 is 0 Å². The Morgan fingerprint density at radius 2 is 2.00 bits per heavy atom. The Bertz CT molecular complexity index is 851. The normalized spacial score (nSPS) is 22.1. The number of hydrogen-bond donors (Lipinski definition) is 1. The Balaban J connectivity index is 1.50. The second kappa shape index (κ2) is 9.39. The Hall–Kier alpha value is -1.73. The van der Waals surface area contributed by atoms with Gasteiger partial charge in [-0.3, -0.25) is 9.36 Å². The monoisotopic (exact) mass is 433 g/mol. The van der Waals surface area contributed by atoms with E-state index in [2.05, 4.69) is 27.3 Å². The van der Waals surface area contributed by atoms with Crippen molar-refractivity contribution in [3.63, 3.8) is 0 Å². The first kappa shape index (κ1) is 20.5. The van der Waals surface area contributed by atoms with Crippen LogP contribution >= 0.6 is 23.4 Å². The molecule has 2 aliphatic rings. The van der Waals surface area contributed by atoms with Crippen LogP contribution in [0.15, 0.2) is 29.4 Å². The van der Waals surface area contributed by atoms with Crippen molar-refractivity contribution in [1.29, 1.82) is 0 Å². The molecule has 156 valence electrons. The lowest BCUT2D eigenvalue weighted by molar-refractivity contribution is -0.119. The molecule has 1 aliphatic heterocycles. The predicted molar refractivity (Wildman–Crippen MR) is 118 cm³/mol. The van der Waals surface area contributed by atoms with Crippen LogP contribution in [0.5, 0.6) is 0 Å². The third kappa shape index (κ3) is 4.89. The average molecular weight is 434 g/mol. The fraction of sp³-hybridized carbons (Fsp3) is 0.571. The van der Waals surface area contributed by atoms with E-state index in [9.17, 15) is 4.79 Å². The number of carbonyl (C=O) groups excluding carboxylic acids is 1. The molecule has 0 spiro atoms. The minimum atomic E-state index is 0.0668. The summed E-state index contributed by atoms with van der Waals surface area (Å²) < 4.78 is 2.03. The summed E-state index contributed by atoms with van der Waals surface area (Å²) in [7, 11) is 0. The zero-order valence-electron chi connectivity index (χ0n) is 16.8. The molecule has 2 atom stereocenters. The molecular formula is C21H28ClN5OS. The Morgan fingerprint density at radius 1 is 1.21 bits per heavy atom. The molecule has 8 heteroatoms. The fourth-order valence-corrected chi connectivity index (χ4v) is 5.17. The summed E-state index contributed by atoms with van der Waals surface area (Å²) in [6.45, 7) is 4.18. The number of carbonyl (C=O) groups is 1. The average Bonchev–Trinajstić information content (AvgIpc) is 3.37. The standard InChI is InChI=1S/C21H28ClN5OS/c1-15-7-2-3-10-18(15)23-19(28)14-29-21-25-24-20(26-11-4-5-12-26)27(21)17-9-6-8-16(22)13-17/h6,8-9,13,15,18H,2-5,7,10-12,14H2,1H3,(H,23,28). The summed E-state index contributed by atoms with van der Waals surface area (Å²) in [5, 5.41) is 13.5. The van der Waals surface area contributed by atoms with Crippen molar-refractivity contribution < 1.29 is 4.79 Å². The van der Waals surface area contributed by atoms with Crippen LogP contribution in [0.1, 0.15) is 45.4 Å². The quantitative estimate of drug-likeness (QED) is 0.688. The molecule has 6 nitrogen and oxygen atoms in total. The molecule has 4 rings (SSSR count). The highest BCUT2D eigenvalue weighted by molar-refractivity contribution is 7.99. The molecule has 1 aromatic heterocycles. The van der Waals surface area contributed by atoms with Crippen molar-refractivity contribution in [2.45, 2.75) is 56.6 Å². The molecule has 2 heterocycles. The van der Waals surface area contributed by atoms with Gasteiger partial charge in [-0.05, 0) is 49.8 Å². The third-order valence-electron chi connectivity index (χ3n) is 5.86. The molecule has 1 aromatic carbocycles. The van der Waals surface area contributed by atoms with Crippen LogP contribution in [0, 0.1) is 5.92 Å². The summed E-state index contributed by atoms with van der Waals surface area (Å²) in [4.78, 5) is 14.8. The summed E-state index contributed by atoms with van der Waals surface area (Å²) in [6, 6.07) is 8.00. The smallest absolute Gasteiger partial charge is 0.232 e. The zero-order valence-corrected chi connectivity index (χ0v) is 18.4. The van der Waals surface area contributed by atoms with Gasteiger partial charge >= 0.3 is 0 Å². The van der Waals surface area contributed by atoms with Gasteiger partial charge in [0.15, 0.2) is 5.16 Å². The molecule has 1 saturated heterocycles. The van der Waals surface area contributed by atoms with E-state index in [-0.39, 0.29) is 5.91 Å². The van der Waals surface area contributed by atoms with Gasteiger partial charge in [-0.25, -0.2) is 0 Å². The highest BCUT2D eigenvalue weighted by Gasteiger charge is 2.25. The Labute approximate surface area is 181 Å². The van der Waals surface area contributed by atoms with Gasteiger partial charge in [0.2, 0.25) is 11.9 Å². The third-order valence-corrected chi connectivity index (χ3v) is 7.03. The number of halogens is 1. The number of anilines is 1. The van der Waals surface area contributed by atoms with Crippen molar-refractivity contribution >= 4 is 35.2 Å². The molecule has 2 fully saturated rings. The van der Waals surface area contributed by atoms with Gasteiger partial charge in [-0.15, -0.1) is 10.2 Å². The number of nitrogens with one attached hydrogen (secondary N) is 1. The van der Waals surface area contributed by atoms with Crippen LogP contribution in [0.25, 0.3) is 5.69 Å². The summed E-state index contributed by atoms with van der Waals surface area (Å²) in [6.07, 6.45) is 7.06. The lowest BCUT2D eigenvalue weighted by atomic mass is 9.86. The van der Waals surface area contributed by atoms with Gasteiger partial charge in [-0.1, -0.05) is 49.2 Å². The van der Waals surface area contributed by atoms with Crippen LogP contribution in [0.3, 0.4) is 0 Å². The molecule has 1 aliphatic carbocycles. The zero-order chi connectivity index (χ0) is 20.2. The van der Waals surface area contributed by atoms with Crippen molar-refractivity contribution in [2.24, 2.45) is 5.92 Å². The number of thioether (sulfide) groups is 1. The number of nitrogens with zero attached hydrogens (tertiary/aromatic N) is 4. The molecular weight excluding hydrogens is 406 g/mol. The number of rotatable bonds is 6. The van der Waals surface area contributed by atoms with Crippen LogP contribution in [0.4, 0.5) is 5.95 Å². The fourth-order valence-electron chi connectivity index (χ4n) is 4.23. The molecule has 1 amide bonds. The molecule has 0 radical (unpaired) electrons. The van der Waals surface area contributed by atoms with E-state index in [0.29, 0.717) is 22.7 Å². The van der Waals surface area contributed by atoms with E-state index in [1.807, 2.05) is 28.8 Å². The molecule has 2 aromatic rings. The molecule has 0 bridgehead atoms. The van der Waals surface area contributed by atoms with E-state index < -0.39 is 0 Å². The Morgan fingerprint density at radius 3 is 2.76 bits per heavy atom. The van der Waals surface area contributed by atoms with Gasteiger partial charge in [0.05, 0.1) is 11.4 Å². The van der Waals surface area contributed by atoms with Crippen molar-refractivity contribution in [2.75, 3.05) is 23.7 Å². The van der Waals surface area contributed by atoms with E-state index in [1.54, 1.807) is 0 Å². The largest absolute Gasteiger partial charge is 0.352 e. The molecule has 2 unspecified atom stereocenters. The van der Waals surface area contributed by atoms with Gasteiger partial charge in [0.25, 0.3) is 0 Å². The number of hydrogen-bond acceptors (Lipinski definition) is 5. The summed E-state index contributed by atoms with van der Waals surface area (Å²) >= 11 is 7.67. The highest BCUT2D eigenvalue weighted by Crippen LogP contribution is 2.30.